The van der Waals surface area contributed by atoms with E-state index in [4.69, 9.17) is 9.47 Å². The lowest BCUT2D eigenvalue weighted by molar-refractivity contribution is 0.0730. The Hall–Kier alpha value is -1.84. The molecule has 0 aliphatic carbocycles. The number of hydrogen-bond donors (Lipinski definition) is 2. The third-order valence-corrected chi connectivity index (χ3v) is 5.40. The molecule has 2 amide bonds. The molecule has 1 aromatic carbocycles. The topological polar surface area (TPSA) is 97.0 Å². The van der Waals surface area contributed by atoms with Crippen LogP contribution in [0, 0.1) is 0 Å². The number of sulfonamides is 1. The SMILES string of the molecule is CCNC(=O)Nc1cc(S(=O)(=O)N2CCOCC2)ccc1OC(C)C. The highest BCUT2D eigenvalue weighted by Crippen LogP contribution is 2.30. The van der Waals surface area contributed by atoms with Crippen LogP contribution in [-0.4, -0.2) is 57.7 Å². The Morgan fingerprint density at radius 1 is 1.32 bits per heavy atom. The lowest BCUT2D eigenvalue weighted by Crippen LogP contribution is -2.40. The molecule has 1 heterocycles. The molecule has 9 heteroatoms. The molecule has 2 N–H and O–H groups in total. The van der Waals surface area contributed by atoms with Crippen LogP contribution in [-0.2, 0) is 14.8 Å². The van der Waals surface area contributed by atoms with Crippen molar-refractivity contribution in [3.8, 4) is 5.75 Å². The molecule has 1 aliphatic rings. The van der Waals surface area contributed by atoms with Crippen LogP contribution in [0.5, 0.6) is 5.75 Å². The molecule has 0 atom stereocenters. The molecule has 1 fully saturated rings. The van der Waals surface area contributed by atoms with Crippen LogP contribution in [0.15, 0.2) is 23.1 Å². The summed E-state index contributed by atoms with van der Waals surface area (Å²) in [5.74, 6) is 0.419. The molecule has 8 nitrogen and oxygen atoms in total. The quantitative estimate of drug-likeness (QED) is 0.792. The zero-order valence-electron chi connectivity index (χ0n) is 14.7. The van der Waals surface area contributed by atoms with Crippen LogP contribution in [0.1, 0.15) is 20.8 Å². The molecule has 0 saturated carbocycles. The van der Waals surface area contributed by atoms with Crippen LogP contribution >= 0.6 is 0 Å². The van der Waals surface area contributed by atoms with Gasteiger partial charge < -0.3 is 20.1 Å². The van der Waals surface area contributed by atoms with Crippen molar-refractivity contribution >= 4 is 21.7 Å². The number of morpholine rings is 1. The normalized spacial score (nSPS) is 15.8. The van der Waals surface area contributed by atoms with Crippen molar-refractivity contribution in [3.05, 3.63) is 18.2 Å². The summed E-state index contributed by atoms with van der Waals surface area (Å²) in [4.78, 5) is 12.0. The maximum atomic E-state index is 12.8. The van der Waals surface area contributed by atoms with Crippen molar-refractivity contribution in [1.29, 1.82) is 0 Å². The summed E-state index contributed by atoms with van der Waals surface area (Å²) in [7, 11) is -3.65. The van der Waals surface area contributed by atoms with Gasteiger partial charge in [0.15, 0.2) is 0 Å². The van der Waals surface area contributed by atoms with Crippen LogP contribution in [0.25, 0.3) is 0 Å². The van der Waals surface area contributed by atoms with Gasteiger partial charge in [-0.05, 0) is 39.0 Å². The number of urea groups is 1. The third-order valence-electron chi connectivity index (χ3n) is 3.51. The largest absolute Gasteiger partial charge is 0.489 e. The van der Waals surface area contributed by atoms with E-state index in [0.29, 0.717) is 44.3 Å². The summed E-state index contributed by atoms with van der Waals surface area (Å²) in [6, 6.07) is 4.06. The smallest absolute Gasteiger partial charge is 0.319 e. The Labute approximate surface area is 148 Å². The number of benzene rings is 1. The van der Waals surface area contributed by atoms with Crippen LogP contribution < -0.4 is 15.4 Å². The minimum absolute atomic E-state index is 0.109. The van der Waals surface area contributed by atoms with Crippen LogP contribution in [0.2, 0.25) is 0 Å². The van der Waals surface area contributed by atoms with E-state index < -0.39 is 16.1 Å². The predicted octanol–water partition coefficient (Wildman–Crippen LogP) is 1.64. The Morgan fingerprint density at radius 3 is 2.60 bits per heavy atom. The Balaban J connectivity index is 2.34. The molecule has 2 rings (SSSR count). The number of rotatable bonds is 6. The molecule has 0 unspecified atom stereocenters. The fraction of sp³-hybridized carbons (Fsp3) is 0.562. The Morgan fingerprint density at radius 2 is 2.00 bits per heavy atom. The zero-order chi connectivity index (χ0) is 18.4. The highest BCUT2D eigenvalue weighted by molar-refractivity contribution is 7.89. The van der Waals surface area contributed by atoms with E-state index in [1.165, 1.54) is 16.4 Å². The number of nitrogens with one attached hydrogen (secondary N) is 2. The van der Waals surface area contributed by atoms with Gasteiger partial charge in [0.1, 0.15) is 5.75 Å². The van der Waals surface area contributed by atoms with Crippen molar-refractivity contribution in [2.75, 3.05) is 38.2 Å². The van der Waals surface area contributed by atoms with Crippen molar-refractivity contribution in [2.45, 2.75) is 31.8 Å². The summed E-state index contributed by atoms with van der Waals surface area (Å²) in [6.07, 6.45) is -0.114. The average Bonchev–Trinajstić information content (AvgIpc) is 2.57. The fourth-order valence-electron chi connectivity index (χ4n) is 2.39. The average molecular weight is 371 g/mol. The van der Waals surface area contributed by atoms with Crippen molar-refractivity contribution in [1.82, 2.24) is 9.62 Å². The summed E-state index contributed by atoms with van der Waals surface area (Å²) in [5, 5.41) is 5.26. The Kier molecular flexibility index (Phi) is 6.63. The lowest BCUT2D eigenvalue weighted by atomic mass is 10.3. The molecule has 25 heavy (non-hydrogen) atoms. The maximum Gasteiger partial charge on any atom is 0.319 e. The highest BCUT2D eigenvalue weighted by Gasteiger charge is 2.27. The molecule has 1 aromatic rings. The molecule has 0 aromatic heterocycles. The highest BCUT2D eigenvalue weighted by atomic mass is 32.2. The standard InChI is InChI=1S/C16H25N3O5S/c1-4-17-16(20)18-14-11-13(5-6-15(14)24-12(2)3)25(21,22)19-7-9-23-10-8-19/h5-6,11-12H,4,7-10H2,1-3H3,(H2,17,18,20). The Bertz CT molecular complexity index is 700. The molecule has 1 aliphatic heterocycles. The summed E-state index contributed by atoms with van der Waals surface area (Å²) in [6.45, 7) is 7.33. The number of ether oxygens (including phenoxy) is 2. The first kappa shape index (κ1) is 19.5. The number of carbonyl (C=O) groups is 1. The predicted molar refractivity (Wildman–Crippen MR) is 94.5 cm³/mol. The van der Waals surface area contributed by atoms with Gasteiger partial charge in [0.05, 0.1) is 29.9 Å². The molecular formula is C16H25N3O5S. The number of carbonyl (C=O) groups excluding carboxylic acids is 1. The molecular weight excluding hydrogens is 346 g/mol. The lowest BCUT2D eigenvalue weighted by Gasteiger charge is -2.26. The minimum atomic E-state index is -3.65. The van der Waals surface area contributed by atoms with E-state index in [1.807, 2.05) is 13.8 Å². The van der Waals surface area contributed by atoms with Gasteiger partial charge >= 0.3 is 6.03 Å². The van der Waals surface area contributed by atoms with E-state index in [0.717, 1.165) is 0 Å². The number of nitrogens with zero attached hydrogens (tertiary/aromatic N) is 1. The molecule has 0 bridgehead atoms. The first-order valence-electron chi connectivity index (χ1n) is 8.28. The maximum absolute atomic E-state index is 12.8. The fourth-order valence-corrected chi connectivity index (χ4v) is 3.82. The summed E-state index contributed by atoms with van der Waals surface area (Å²) in [5.41, 5.74) is 0.314. The summed E-state index contributed by atoms with van der Waals surface area (Å²) >= 11 is 0. The second-order valence-electron chi connectivity index (χ2n) is 5.83. The van der Waals surface area contributed by atoms with Crippen LogP contribution in [0.3, 0.4) is 0 Å². The zero-order valence-corrected chi connectivity index (χ0v) is 15.6. The van der Waals surface area contributed by atoms with Crippen molar-refractivity contribution in [3.63, 3.8) is 0 Å². The van der Waals surface area contributed by atoms with E-state index in [9.17, 15) is 13.2 Å². The minimum Gasteiger partial charge on any atom is -0.489 e. The van der Waals surface area contributed by atoms with Crippen molar-refractivity contribution in [2.24, 2.45) is 0 Å². The van der Waals surface area contributed by atoms with Gasteiger partial charge in [-0.2, -0.15) is 4.31 Å². The van der Waals surface area contributed by atoms with Gasteiger partial charge in [0, 0.05) is 19.6 Å². The second kappa shape index (κ2) is 8.50. The number of hydrogen-bond acceptors (Lipinski definition) is 5. The van der Waals surface area contributed by atoms with Crippen LogP contribution in [0.4, 0.5) is 10.5 Å². The second-order valence-corrected chi connectivity index (χ2v) is 7.76. The third kappa shape index (κ3) is 5.07. The van der Waals surface area contributed by atoms with Crippen molar-refractivity contribution < 1.29 is 22.7 Å². The monoisotopic (exact) mass is 371 g/mol. The molecule has 0 radical (unpaired) electrons. The molecule has 1 saturated heterocycles. The number of anilines is 1. The van der Waals surface area contributed by atoms with Gasteiger partial charge in [-0.3, -0.25) is 0 Å². The number of amides is 2. The van der Waals surface area contributed by atoms with E-state index in [-0.39, 0.29) is 11.0 Å². The van der Waals surface area contributed by atoms with Gasteiger partial charge in [0.25, 0.3) is 0 Å². The van der Waals surface area contributed by atoms with Gasteiger partial charge in [0.2, 0.25) is 10.0 Å². The van der Waals surface area contributed by atoms with E-state index in [1.54, 1.807) is 13.0 Å². The van der Waals surface area contributed by atoms with E-state index in [2.05, 4.69) is 10.6 Å². The van der Waals surface area contributed by atoms with Gasteiger partial charge in [-0.1, -0.05) is 0 Å². The van der Waals surface area contributed by atoms with E-state index >= 15 is 0 Å². The first-order valence-corrected chi connectivity index (χ1v) is 9.72. The summed E-state index contributed by atoms with van der Waals surface area (Å²) < 4.78 is 37.8. The van der Waals surface area contributed by atoms with Gasteiger partial charge in [-0.25, -0.2) is 13.2 Å². The molecule has 140 valence electrons. The molecule has 0 spiro atoms. The van der Waals surface area contributed by atoms with Gasteiger partial charge in [-0.15, -0.1) is 0 Å². The first-order chi connectivity index (χ1) is 11.8.